The third kappa shape index (κ3) is 3.42. The summed E-state index contributed by atoms with van der Waals surface area (Å²) in [6, 6.07) is 11.6. The van der Waals surface area contributed by atoms with Gasteiger partial charge in [-0.15, -0.1) is 0 Å². The molecular formula is C15H18N2O. The molecule has 0 atom stereocenters. The molecule has 18 heavy (non-hydrogen) atoms. The molecule has 2 rings (SSSR count). The lowest BCUT2D eigenvalue weighted by Crippen LogP contribution is -2.12. The van der Waals surface area contributed by atoms with Crippen molar-refractivity contribution in [2.75, 3.05) is 0 Å². The van der Waals surface area contributed by atoms with Gasteiger partial charge in [-0.3, -0.25) is 9.78 Å². The van der Waals surface area contributed by atoms with Gasteiger partial charge in [-0.2, -0.15) is 0 Å². The van der Waals surface area contributed by atoms with E-state index in [1.165, 1.54) is 5.56 Å². The molecule has 3 heteroatoms. The molecule has 3 nitrogen and oxygen atoms in total. The first-order valence-electron chi connectivity index (χ1n) is 6.00. The Balaban J connectivity index is 0.000000771. The normalized spacial score (nSPS) is 9.28. The van der Waals surface area contributed by atoms with Gasteiger partial charge in [0.1, 0.15) is 5.69 Å². The summed E-state index contributed by atoms with van der Waals surface area (Å²) < 4.78 is 0. The van der Waals surface area contributed by atoms with Gasteiger partial charge in [-0.1, -0.05) is 43.7 Å². The highest BCUT2D eigenvalue weighted by atomic mass is 16.1. The molecule has 0 saturated carbocycles. The van der Waals surface area contributed by atoms with E-state index in [2.05, 4.69) is 4.98 Å². The van der Waals surface area contributed by atoms with E-state index >= 15 is 0 Å². The second kappa shape index (κ2) is 6.55. The summed E-state index contributed by atoms with van der Waals surface area (Å²) in [5.41, 5.74) is 8.67. The molecule has 0 aliphatic heterocycles. The van der Waals surface area contributed by atoms with Gasteiger partial charge in [-0.25, -0.2) is 0 Å². The van der Waals surface area contributed by atoms with Crippen LogP contribution in [0.5, 0.6) is 0 Å². The predicted octanol–water partition coefficient (Wildman–Crippen LogP) is 3.18. The molecule has 2 aromatic rings. The summed E-state index contributed by atoms with van der Waals surface area (Å²) in [5.74, 6) is -0.506. The average molecular weight is 242 g/mol. The van der Waals surface area contributed by atoms with Crippen molar-refractivity contribution in [1.82, 2.24) is 4.98 Å². The number of pyridine rings is 1. The van der Waals surface area contributed by atoms with Gasteiger partial charge < -0.3 is 5.73 Å². The first-order valence-corrected chi connectivity index (χ1v) is 6.00. The number of carbonyl (C=O) groups is 1. The van der Waals surface area contributed by atoms with Crippen LogP contribution < -0.4 is 5.73 Å². The van der Waals surface area contributed by atoms with E-state index in [1.54, 1.807) is 12.3 Å². The number of aryl methyl sites for hydroxylation is 1. The molecule has 0 aliphatic rings. The molecule has 1 aromatic heterocycles. The fourth-order valence-corrected chi connectivity index (χ4v) is 1.49. The Bertz CT molecular complexity index is 518. The van der Waals surface area contributed by atoms with E-state index in [-0.39, 0.29) is 5.69 Å². The van der Waals surface area contributed by atoms with Crippen molar-refractivity contribution in [2.24, 2.45) is 5.73 Å². The van der Waals surface area contributed by atoms with Crippen LogP contribution in [0.4, 0.5) is 0 Å². The molecule has 0 saturated heterocycles. The molecule has 1 heterocycles. The van der Waals surface area contributed by atoms with Crippen LogP contribution in [0.15, 0.2) is 42.6 Å². The van der Waals surface area contributed by atoms with Gasteiger partial charge in [0, 0.05) is 6.20 Å². The minimum Gasteiger partial charge on any atom is -0.364 e. The van der Waals surface area contributed by atoms with Crippen molar-refractivity contribution in [3.05, 3.63) is 53.9 Å². The number of amides is 1. The third-order valence-corrected chi connectivity index (χ3v) is 2.40. The SMILES string of the molecule is CC.Cc1ccc(-c2ccnc(C(N)=O)c2)cc1. The van der Waals surface area contributed by atoms with Crippen molar-refractivity contribution in [2.45, 2.75) is 20.8 Å². The van der Waals surface area contributed by atoms with E-state index in [9.17, 15) is 4.79 Å². The van der Waals surface area contributed by atoms with Crippen molar-refractivity contribution >= 4 is 5.91 Å². The first kappa shape index (κ1) is 13.9. The second-order valence-corrected chi connectivity index (χ2v) is 3.66. The smallest absolute Gasteiger partial charge is 0.267 e. The monoisotopic (exact) mass is 242 g/mol. The lowest BCUT2D eigenvalue weighted by atomic mass is 10.0. The van der Waals surface area contributed by atoms with Gasteiger partial charge >= 0.3 is 0 Å². The van der Waals surface area contributed by atoms with Crippen molar-refractivity contribution in [1.29, 1.82) is 0 Å². The predicted molar refractivity (Wildman–Crippen MR) is 74.3 cm³/mol. The van der Waals surface area contributed by atoms with Crippen molar-refractivity contribution in [3.8, 4) is 11.1 Å². The van der Waals surface area contributed by atoms with Crippen molar-refractivity contribution < 1.29 is 4.79 Å². The Labute approximate surface area is 108 Å². The maximum absolute atomic E-state index is 11.0. The lowest BCUT2D eigenvalue weighted by molar-refractivity contribution is 0.0995. The lowest BCUT2D eigenvalue weighted by Gasteiger charge is -2.03. The Morgan fingerprint density at radius 3 is 2.22 bits per heavy atom. The zero-order chi connectivity index (χ0) is 13.5. The topological polar surface area (TPSA) is 56.0 Å². The zero-order valence-electron chi connectivity index (χ0n) is 11.0. The number of nitrogens with two attached hydrogens (primary N) is 1. The van der Waals surface area contributed by atoms with Crippen molar-refractivity contribution in [3.63, 3.8) is 0 Å². The number of rotatable bonds is 2. The molecule has 0 radical (unpaired) electrons. The summed E-state index contributed by atoms with van der Waals surface area (Å²) in [7, 11) is 0. The van der Waals surface area contributed by atoms with E-state index < -0.39 is 5.91 Å². The molecule has 0 fully saturated rings. The van der Waals surface area contributed by atoms with Crippen LogP contribution in [0.1, 0.15) is 29.9 Å². The molecule has 0 unspecified atom stereocenters. The summed E-state index contributed by atoms with van der Waals surface area (Å²) in [5, 5.41) is 0. The second-order valence-electron chi connectivity index (χ2n) is 3.66. The third-order valence-electron chi connectivity index (χ3n) is 2.40. The van der Waals surface area contributed by atoms with Crippen LogP contribution in [0.3, 0.4) is 0 Å². The number of hydrogen-bond donors (Lipinski definition) is 1. The first-order chi connectivity index (χ1) is 8.66. The van der Waals surface area contributed by atoms with Crippen LogP contribution in [0.25, 0.3) is 11.1 Å². The van der Waals surface area contributed by atoms with Crippen LogP contribution in [-0.4, -0.2) is 10.9 Å². The van der Waals surface area contributed by atoms with Gasteiger partial charge in [0.15, 0.2) is 0 Å². The molecule has 1 aromatic carbocycles. The van der Waals surface area contributed by atoms with E-state index in [1.807, 2.05) is 51.1 Å². The fourth-order valence-electron chi connectivity index (χ4n) is 1.49. The highest BCUT2D eigenvalue weighted by Crippen LogP contribution is 2.19. The Morgan fingerprint density at radius 1 is 1.06 bits per heavy atom. The molecule has 94 valence electrons. The maximum atomic E-state index is 11.0. The molecule has 2 N–H and O–H groups in total. The summed E-state index contributed by atoms with van der Waals surface area (Å²) >= 11 is 0. The largest absolute Gasteiger partial charge is 0.364 e. The number of carbonyl (C=O) groups excluding carboxylic acids is 1. The van der Waals surface area contributed by atoms with Crippen LogP contribution >= 0.6 is 0 Å². The molecule has 0 aliphatic carbocycles. The van der Waals surface area contributed by atoms with E-state index in [0.29, 0.717) is 0 Å². The van der Waals surface area contributed by atoms with Gasteiger partial charge in [0.05, 0.1) is 0 Å². The summed E-state index contributed by atoms with van der Waals surface area (Å²) in [4.78, 5) is 14.9. The number of nitrogens with zero attached hydrogens (tertiary/aromatic N) is 1. The molecule has 0 bridgehead atoms. The van der Waals surface area contributed by atoms with Gasteiger partial charge in [-0.05, 0) is 30.2 Å². The summed E-state index contributed by atoms with van der Waals surface area (Å²) in [6.45, 7) is 6.03. The average Bonchev–Trinajstić information content (AvgIpc) is 2.42. The standard InChI is InChI=1S/C13H12N2O.C2H6/c1-9-2-4-10(5-3-9)11-6-7-15-12(8-11)13(14)16;1-2/h2-8H,1H3,(H2,14,16);1-2H3. The fraction of sp³-hybridized carbons (Fsp3) is 0.200. The van der Waals surface area contributed by atoms with Crippen LogP contribution in [-0.2, 0) is 0 Å². The van der Waals surface area contributed by atoms with Gasteiger partial charge in [0.25, 0.3) is 5.91 Å². The zero-order valence-corrected chi connectivity index (χ0v) is 11.0. The summed E-state index contributed by atoms with van der Waals surface area (Å²) in [6.07, 6.45) is 1.59. The molecule has 0 spiro atoms. The Morgan fingerprint density at radius 2 is 1.67 bits per heavy atom. The minimum atomic E-state index is -0.506. The highest BCUT2D eigenvalue weighted by Gasteiger charge is 2.04. The van der Waals surface area contributed by atoms with Crippen LogP contribution in [0, 0.1) is 6.92 Å². The molecular weight excluding hydrogens is 224 g/mol. The molecule has 1 amide bonds. The van der Waals surface area contributed by atoms with Gasteiger partial charge in [0.2, 0.25) is 0 Å². The number of aromatic nitrogens is 1. The number of benzene rings is 1. The minimum absolute atomic E-state index is 0.290. The maximum Gasteiger partial charge on any atom is 0.267 e. The van der Waals surface area contributed by atoms with Crippen LogP contribution in [0.2, 0.25) is 0 Å². The highest BCUT2D eigenvalue weighted by molar-refractivity contribution is 5.92. The number of primary amides is 1. The Kier molecular flexibility index (Phi) is 5.06. The Hall–Kier alpha value is -2.16. The van der Waals surface area contributed by atoms with E-state index in [0.717, 1.165) is 11.1 Å². The number of hydrogen-bond acceptors (Lipinski definition) is 2. The quantitative estimate of drug-likeness (QED) is 0.879. The van der Waals surface area contributed by atoms with E-state index in [4.69, 9.17) is 5.73 Å².